The van der Waals surface area contributed by atoms with Crippen molar-refractivity contribution in [1.82, 2.24) is 4.98 Å². The van der Waals surface area contributed by atoms with E-state index < -0.39 is 5.82 Å². The largest absolute Gasteiger partial charge is 0.486 e. The second-order valence-electron chi connectivity index (χ2n) is 4.03. The molecule has 102 valence electrons. The maximum atomic E-state index is 13.7. The summed E-state index contributed by atoms with van der Waals surface area (Å²) in [4.78, 5) is 3.92. The zero-order chi connectivity index (χ0) is 14.2. The van der Waals surface area contributed by atoms with Crippen molar-refractivity contribution in [2.45, 2.75) is 13.0 Å². The normalized spacial score (nSPS) is 9.70. The smallest absolute Gasteiger partial charge is 0.165 e. The molecule has 0 unspecified atom stereocenters. The minimum absolute atomic E-state index is 0.194. The van der Waals surface area contributed by atoms with Crippen LogP contribution in [0.4, 0.5) is 4.39 Å². The van der Waals surface area contributed by atoms with Crippen LogP contribution in [0.15, 0.2) is 42.7 Å². The third-order valence-corrected chi connectivity index (χ3v) is 2.72. The number of hydrogen-bond acceptors (Lipinski definition) is 2. The summed E-state index contributed by atoms with van der Waals surface area (Å²) in [6.45, 7) is 0.290. The number of hydrogen-bond donors (Lipinski definition) is 0. The molecule has 0 saturated heterocycles. The van der Waals surface area contributed by atoms with Crippen molar-refractivity contribution in [2.24, 2.45) is 0 Å². The summed E-state index contributed by atoms with van der Waals surface area (Å²) in [5.41, 5.74) is 1.64. The number of pyridine rings is 1. The number of ether oxygens (including phenoxy) is 1. The molecule has 0 bridgehead atoms. The molecule has 0 amide bonds. The van der Waals surface area contributed by atoms with Gasteiger partial charge in [-0.1, -0.05) is 11.8 Å². The molecule has 1 heterocycles. The molecule has 2 rings (SSSR count). The third kappa shape index (κ3) is 4.25. The predicted molar refractivity (Wildman–Crippen MR) is 77.2 cm³/mol. The molecule has 0 aliphatic heterocycles. The zero-order valence-corrected chi connectivity index (χ0v) is 11.5. The first-order valence-electron chi connectivity index (χ1n) is 6.15. The van der Waals surface area contributed by atoms with Gasteiger partial charge in [0, 0.05) is 30.3 Å². The highest BCUT2D eigenvalue weighted by Crippen LogP contribution is 2.19. The van der Waals surface area contributed by atoms with Crippen LogP contribution in [-0.4, -0.2) is 10.9 Å². The number of benzene rings is 1. The van der Waals surface area contributed by atoms with Gasteiger partial charge in [0.25, 0.3) is 0 Å². The molecule has 0 saturated carbocycles. The second kappa shape index (κ2) is 7.52. The van der Waals surface area contributed by atoms with E-state index in [1.54, 1.807) is 24.5 Å². The standard InChI is InChI=1S/C16H13ClFNO/c17-8-2-1-3-13-4-5-15(18)16(11-13)20-12-14-6-9-19-10-7-14/h4-7,9-11H,2,8,12H2. The summed E-state index contributed by atoms with van der Waals surface area (Å²) in [5.74, 6) is 6.10. The minimum atomic E-state index is -0.401. The van der Waals surface area contributed by atoms with Crippen LogP contribution in [0.25, 0.3) is 0 Å². The summed E-state index contributed by atoms with van der Waals surface area (Å²) >= 11 is 5.55. The molecule has 0 radical (unpaired) electrons. The molecule has 0 N–H and O–H groups in total. The average molecular weight is 290 g/mol. The van der Waals surface area contributed by atoms with Gasteiger partial charge < -0.3 is 4.74 Å². The lowest BCUT2D eigenvalue weighted by Gasteiger charge is -2.07. The highest BCUT2D eigenvalue weighted by atomic mass is 35.5. The first-order chi connectivity index (χ1) is 9.79. The monoisotopic (exact) mass is 289 g/mol. The molecule has 20 heavy (non-hydrogen) atoms. The van der Waals surface area contributed by atoms with E-state index in [4.69, 9.17) is 16.3 Å². The molecule has 2 nitrogen and oxygen atoms in total. The van der Waals surface area contributed by atoms with E-state index >= 15 is 0 Å². The highest BCUT2D eigenvalue weighted by Gasteiger charge is 2.04. The summed E-state index contributed by atoms with van der Waals surface area (Å²) in [5, 5.41) is 0. The fraction of sp³-hybridized carbons (Fsp3) is 0.188. The van der Waals surface area contributed by atoms with Crippen LogP contribution in [0.5, 0.6) is 5.75 Å². The van der Waals surface area contributed by atoms with Gasteiger partial charge in [-0.3, -0.25) is 4.98 Å². The van der Waals surface area contributed by atoms with Crippen LogP contribution in [0.2, 0.25) is 0 Å². The Balaban J connectivity index is 2.07. The zero-order valence-electron chi connectivity index (χ0n) is 10.8. The van der Waals surface area contributed by atoms with Crippen LogP contribution in [0.1, 0.15) is 17.5 Å². The Hall–Kier alpha value is -2.05. The lowest BCUT2D eigenvalue weighted by atomic mass is 10.2. The van der Waals surface area contributed by atoms with Crippen molar-refractivity contribution in [2.75, 3.05) is 5.88 Å². The molecular weight excluding hydrogens is 277 g/mol. The maximum absolute atomic E-state index is 13.7. The van der Waals surface area contributed by atoms with Crippen LogP contribution in [0, 0.1) is 17.7 Å². The average Bonchev–Trinajstić information content (AvgIpc) is 2.49. The highest BCUT2D eigenvalue weighted by molar-refractivity contribution is 6.18. The maximum Gasteiger partial charge on any atom is 0.165 e. The van der Waals surface area contributed by atoms with E-state index in [-0.39, 0.29) is 12.4 Å². The van der Waals surface area contributed by atoms with Crippen LogP contribution < -0.4 is 4.74 Å². The van der Waals surface area contributed by atoms with Crippen molar-refractivity contribution >= 4 is 11.6 Å². The molecule has 0 atom stereocenters. The molecule has 0 spiro atoms. The Morgan fingerprint density at radius 2 is 2.00 bits per heavy atom. The Morgan fingerprint density at radius 3 is 2.75 bits per heavy atom. The molecular formula is C16H13ClFNO. The lowest BCUT2D eigenvalue weighted by molar-refractivity contribution is 0.290. The molecule has 0 aliphatic carbocycles. The Morgan fingerprint density at radius 1 is 1.20 bits per heavy atom. The molecule has 1 aromatic heterocycles. The topological polar surface area (TPSA) is 22.1 Å². The van der Waals surface area contributed by atoms with Crippen LogP contribution in [-0.2, 0) is 6.61 Å². The van der Waals surface area contributed by atoms with E-state index in [2.05, 4.69) is 16.8 Å². The molecule has 0 fully saturated rings. The van der Waals surface area contributed by atoms with E-state index in [9.17, 15) is 4.39 Å². The van der Waals surface area contributed by atoms with Crippen molar-refractivity contribution in [3.63, 3.8) is 0 Å². The van der Waals surface area contributed by atoms with Crippen LogP contribution >= 0.6 is 11.6 Å². The van der Waals surface area contributed by atoms with Gasteiger partial charge in [0.1, 0.15) is 6.61 Å². The van der Waals surface area contributed by atoms with Gasteiger partial charge in [0.15, 0.2) is 11.6 Å². The van der Waals surface area contributed by atoms with Gasteiger partial charge >= 0.3 is 0 Å². The summed E-state index contributed by atoms with van der Waals surface area (Å²) in [6.07, 6.45) is 3.94. The second-order valence-corrected chi connectivity index (χ2v) is 4.41. The first kappa shape index (κ1) is 14.4. The summed E-state index contributed by atoms with van der Waals surface area (Å²) in [6, 6.07) is 8.21. The van der Waals surface area contributed by atoms with E-state index in [0.717, 1.165) is 5.56 Å². The Bertz CT molecular complexity index is 619. The van der Waals surface area contributed by atoms with Crippen molar-refractivity contribution in [3.8, 4) is 17.6 Å². The quantitative estimate of drug-likeness (QED) is 0.631. The van der Waals surface area contributed by atoms with Gasteiger partial charge in [-0.2, -0.15) is 0 Å². The minimum Gasteiger partial charge on any atom is -0.486 e. The fourth-order valence-corrected chi connectivity index (χ4v) is 1.64. The molecule has 1 aromatic carbocycles. The predicted octanol–water partition coefficient (Wildman–Crippen LogP) is 3.78. The Labute approximate surface area is 122 Å². The number of nitrogens with zero attached hydrogens (tertiary/aromatic N) is 1. The molecule has 2 aromatic rings. The van der Waals surface area contributed by atoms with Gasteiger partial charge in [0.05, 0.1) is 0 Å². The fourth-order valence-electron chi connectivity index (χ4n) is 1.54. The van der Waals surface area contributed by atoms with E-state index in [1.807, 2.05) is 12.1 Å². The van der Waals surface area contributed by atoms with Crippen LogP contribution in [0.3, 0.4) is 0 Å². The van der Waals surface area contributed by atoms with Crippen molar-refractivity contribution in [3.05, 3.63) is 59.7 Å². The van der Waals surface area contributed by atoms with Gasteiger partial charge in [0.2, 0.25) is 0 Å². The summed E-state index contributed by atoms with van der Waals surface area (Å²) < 4.78 is 19.1. The van der Waals surface area contributed by atoms with E-state index in [1.165, 1.54) is 6.07 Å². The summed E-state index contributed by atoms with van der Waals surface area (Å²) in [7, 11) is 0. The van der Waals surface area contributed by atoms with Gasteiger partial charge in [-0.05, 0) is 35.9 Å². The van der Waals surface area contributed by atoms with E-state index in [0.29, 0.717) is 17.9 Å². The molecule has 0 aliphatic rings. The molecule has 4 heteroatoms. The number of halogens is 2. The SMILES string of the molecule is Fc1ccc(C#CCCCl)cc1OCc1ccncc1. The number of aromatic nitrogens is 1. The number of alkyl halides is 1. The van der Waals surface area contributed by atoms with Gasteiger partial charge in [-0.15, -0.1) is 11.6 Å². The number of rotatable bonds is 4. The first-order valence-corrected chi connectivity index (χ1v) is 6.69. The van der Waals surface area contributed by atoms with Gasteiger partial charge in [-0.25, -0.2) is 4.39 Å². The van der Waals surface area contributed by atoms with Crippen molar-refractivity contribution in [1.29, 1.82) is 0 Å². The third-order valence-electron chi connectivity index (χ3n) is 2.53. The Kier molecular flexibility index (Phi) is 5.40. The van der Waals surface area contributed by atoms with Crippen molar-refractivity contribution < 1.29 is 9.13 Å². The lowest BCUT2D eigenvalue weighted by Crippen LogP contribution is -1.98.